The summed E-state index contributed by atoms with van der Waals surface area (Å²) in [6.07, 6.45) is 5.98. The number of amides is 2. The largest absolute Gasteiger partial charge is 0.337 e. The van der Waals surface area contributed by atoms with Crippen LogP contribution in [0.5, 0.6) is 0 Å². The van der Waals surface area contributed by atoms with Crippen LogP contribution in [0.4, 0.5) is 10.5 Å². The van der Waals surface area contributed by atoms with Crippen molar-refractivity contribution in [3.05, 3.63) is 87.9 Å². The van der Waals surface area contributed by atoms with Crippen LogP contribution < -0.4 is 16.0 Å². The van der Waals surface area contributed by atoms with Gasteiger partial charge in [-0.05, 0) is 72.8 Å². The smallest absolute Gasteiger partial charge is 0.319 e. The van der Waals surface area contributed by atoms with Crippen LogP contribution >= 0.6 is 23.2 Å². The standard InChI is InChI=1S/C29H30Cl2N4O/c30-25-15-26(31)17-28(16-25)35-29(36)34-19-24(12-13-33-27-6-1-2-7-27)22-10-8-21(9-11-22)23-5-3-4-20(14-23)18-32/h3-5,8-11,14-17,24,27,33H,1-2,6-7,12-13,19H2,(H2,34,35,36). The average molecular weight is 521 g/mol. The van der Waals surface area contributed by atoms with E-state index in [0.717, 1.165) is 29.7 Å². The number of anilines is 1. The predicted octanol–water partition coefficient (Wildman–Crippen LogP) is 7.36. The molecule has 2 amide bonds. The first kappa shape index (κ1) is 26.0. The molecule has 1 atom stereocenters. The number of rotatable bonds is 9. The van der Waals surface area contributed by atoms with E-state index in [4.69, 9.17) is 23.2 Å². The Hall–Kier alpha value is -3.04. The summed E-state index contributed by atoms with van der Waals surface area (Å²) in [7, 11) is 0. The molecule has 186 valence electrons. The van der Waals surface area contributed by atoms with E-state index in [1.54, 1.807) is 24.3 Å². The molecule has 0 radical (unpaired) electrons. The van der Waals surface area contributed by atoms with Crippen molar-refractivity contribution in [2.75, 3.05) is 18.4 Å². The molecule has 0 saturated heterocycles. The van der Waals surface area contributed by atoms with Crippen LogP contribution in [-0.2, 0) is 0 Å². The summed E-state index contributed by atoms with van der Waals surface area (Å²) in [5.41, 5.74) is 4.42. The van der Waals surface area contributed by atoms with Crippen molar-refractivity contribution >= 4 is 34.9 Å². The van der Waals surface area contributed by atoms with E-state index in [1.165, 1.54) is 25.7 Å². The van der Waals surface area contributed by atoms with Crippen molar-refractivity contribution in [3.63, 3.8) is 0 Å². The van der Waals surface area contributed by atoms with Crippen molar-refractivity contribution in [1.82, 2.24) is 10.6 Å². The Balaban J connectivity index is 1.42. The van der Waals surface area contributed by atoms with Crippen LogP contribution in [0.25, 0.3) is 11.1 Å². The molecule has 0 bridgehead atoms. The molecule has 3 aromatic carbocycles. The Morgan fingerprint density at radius 1 is 0.972 bits per heavy atom. The molecule has 0 aliphatic heterocycles. The van der Waals surface area contributed by atoms with E-state index in [0.29, 0.717) is 33.9 Å². The zero-order valence-electron chi connectivity index (χ0n) is 20.1. The number of nitrogens with one attached hydrogen (secondary N) is 3. The molecule has 36 heavy (non-hydrogen) atoms. The second-order valence-corrected chi connectivity index (χ2v) is 10.1. The average Bonchev–Trinajstić information content (AvgIpc) is 3.39. The molecule has 1 fully saturated rings. The lowest BCUT2D eigenvalue weighted by atomic mass is 9.93. The van der Waals surface area contributed by atoms with Gasteiger partial charge in [-0.2, -0.15) is 5.26 Å². The minimum Gasteiger partial charge on any atom is -0.337 e. The lowest BCUT2D eigenvalue weighted by Gasteiger charge is -2.21. The number of hydrogen-bond donors (Lipinski definition) is 3. The molecule has 0 heterocycles. The van der Waals surface area contributed by atoms with E-state index in [1.807, 2.05) is 18.2 Å². The Morgan fingerprint density at radius 2 is 1.69 bits per heavy atom. The van der Waals surface area contributed by atoms with E-state index < -0.39 is 0 Å². The van der Waals surface area contributed by atoms with E-state index in [-0.39, 0.29) is 11.9 Å². The van der Waals surface area contributed by atoms with Crippen LogP contribution in [0.2, 0.25) is 10.0 Å². The summed E-state index contributed by atoms with van der Waals surface area (Å²) in [6.45, 7) is 1.39. The molecule has 3 aromatic rings. The second-order valence-electron chi connectivity index (χ2n) is 9.23. The molecular weight excluding hydrogens is 491 g/mol. The van der Waals surface area contributed by atoms with Gasteiger partial charge in [-0.1, -0.05) is 72.4 Å². The zero-order valence-corrected chi connectivity index (χ0v) is 21.6. The summed E-state index contributed by atoms with van der Waals surface area (Å²) in [5, 5.41) is 19.6. The number of benzene rings is 3. The van der Waals surface area contributed by atoms with Crippen molar-refractivity contribution in [3.8, 4) is 17.2 Å². The number of carbonyl (C=O) groups excluding carboxylic acids is 1. The maximum absolute atomic E-state index is 12.6. The number of halogens is 2. The van der Waals surface area contributed by atoms with Gasteiger partial charge >= 0.3 is 6.03 Å². The van der Waals surface area contributed by atoms with Crippen molar-refractivity contribution < 1.29 is 4.79 Å². The molecular formula is C29H30Cl2N4O. The first-order valence-electron chi connectivity index (χ1n) is 12.3. The van der Waals surface area contributed by atoms with Gasteiger partial charge in [-0.15, -0.1) is 0 Å². The molecule has 5 nitrogen and oxygen atoms in total. The third-order valence-electron chi connectivity index (χ3n) is 6.62. The molecule has 1 unspecified atom stereocenters. The summed E-state index contributed by atoms with van der Waals surface area (Å²) >= 11 is 12.1. The maximum atomic E-state index is 12.6. The fraction of sp³-hybridized carbons (Fsp3) is 0.310. The summed E-state index contributed by atoms with van der Waals surface area (Å²) < 4.78 is 0. The zero-order chi connectivity index (χ0) is 25.3. The number of urea groups is 1. The molecule has 0 spiro atoms. The van der Waals surface area contributed by atoms with Crippen molar-refractivity contribution in [2.45, 2.75) is 44.1 Å². The first-order chi connectivity index (χ1) is 17.5. The molecule has 0 aromatic heterocycles. The van der Waals surface area contributed by atoms with E-state index >= 15 is 0 Å². The quantitative estimate of drug-likeness (QED) is 0.275. The second kappa shape index (κ2) is 12.8. The lowest BCUT2D eigenvalue weighted by Crippen LogP contribution is -2.34. The van der Waals surface area contributed by atoms with E-state index in [9.17, 15) is 10.1 Å². The van der Waals surface area contributed by atoms with Crippen molar-refractivity contribution in [2.24, 2.45) is 0 Å². The topological polar surface area (TPSA) is 77.0 Å². The highest BCUT2D eigenvalue weighted by molar-refractivity contribution is 6.35. The molecule has 1 aliphatic carbocycles. The first-order valence-corrected chi connectivity index (χ1v) is 13.1. The van der Waals surface area contributed by atoms with Gasteiger partial charge in [0.15, 0.2) is 0 Å². The van der Waals surface area contributed by atoms with Gasteiger partial charge in [0.25, 0.3) is 0 Å². The SMILES string of the molecule is N#Cc1cccc(-c2ccc(C(CCNC3CCCC3)CNC(=O)Nc3cc(Cl)cc(Cl)c3)cc2)c1. The van der Waals surface area contributed by atoms with Gasteiger partial charge in [-0.3, -0.25) is 0 Å². The molecule has 4 rings (SSSR count). The summed E-state index contributed by atoms with van der Waals surface area (Å²) in [5.74, 6) is 0.145. The van der Waals surface area contributed by atoms with Gasteiger partial charge in [0.1, 0.15) is 0 Å². The Morgan fingerprint density at radius 3 is 2.39 bits per heavy atom. The Labute approximate surface area is 222 Å². The number of nitrogens with zero attached hydrogens (tertiary/aromatic N) is 1. The lowest BCUT2D eigenvalue weighted by molar-refractivity contribution is 0.251. The molecule has 7 heteroatoms. The Kier molecular flexibility index (Phi) is 9.24. The number of nitriles is 1. The van der Waals surface area contributed by atoms with Crippen LogP contribution in [-0.4, -0.2) is 25.2 Å². The van der Waals surface area contributed by atoms with Crippen LogP contribution in [0.15, 0.2) is 66.7 Å². The fourth-order valence-corrected chi connectivity index (χ4v) is 5.24. The normalized spacial score (nSPS) is 14.2. The van der Waals surface area contributed by atoms with Gasteiger partial charge in [0.2, 0.25) is 0 Å². The fourth-order valence-electron chi connectivity index (χ4n) is 4.71. The monoisotopic (exact) mass is 520 g/mol. The van der Waals surface area contributed by atoms with Crippen LogP contribution in [0.1, 0.15) is 49.1 Å². The minimum absolute atomic E-state index is 0.145. The van der Waals surface area contributed by atoms with Gasteiger partial charge in [0.05, 0.1) is 11.6 Å². The van der Waals surface area contributed by atoms with Crippen LogP contribution in [0.3, 0.4) is 0 Å². The highest BCUT2D eigenvalue weighted by Gasteiger charge is 2.17. The third-order valence-corrected chi connectivity index (χ3v) is 7.05. The Bertz CT molecular complexity index is 1200. The molecule has 1 aliphatic rings. The minimum atomic E-state index is -0.299. The van der Waals surface area contributed by atoms with Crippen LogP contribution in [0, 0.1) is 11.3 Å². The van der Waals surface area contributed by atoms with E-state index in [2.05, 4.69) is 46.3 Å². The van der Waals surface area contributed by atoms with Gasteiger partial charge < -0.3 is 16.0 Å². The summed E-state index contributed by atoms with van der Waals surface area (Å²) in [6, 6.07) is 23.4. The predicted molar refractivity (Wildman–Crippen MR) is 148 cm³/mol. The van der Waals surface area contributed by atoms with Gasteiger partial charge in [-0.25, -0.2) is 4.79 Å². The maximum Gasteiger partial charge on any atom is 0.319 e. The number of hydrogen-bond acceptors (Lipinski definition) is 3. The third kappa shape index (κ3) is 7.48. The molecule has 1 saturated carbocycles. The van der Waals surface area contributed by atoms with Crippen molar-refractivity contribution in [1.29, 1.82) is 5.26 Å². The molecule has 3 N–H and O–H groups in total. The summed E-state index contributed by atoms with van der Waals surface area (Å²) in [4.78, 5) is 12.6. The number of carbonyl (C=O) groups is 1. The highest BCUT2D eigenvalue weighted by atomic mass is 35.5. The van der Waals surface area contributed by atoms with Gasteiger partial charge in [0, 0.05) is 34.2 Å². The highest BCUT2D eigenvalue weighted by Crippen LogP contribution is 2.26.